The van der Waals surface area contributed by atoms with Gasteiger partial charge in [0.15, 0.2) is 17.3 Å². The molecule has 0 saturated heterocycles. The molecule has 184 valence electrons. The maximum absolute atomic E-state index is 13.6. The predicted molar refractivity (Wildman–Crippen MR) is 130 cm³/mol. The van der Waals surface area contributed by atoms with Gasteiger partial charge in [0.05, 0.1) is 40.1 Å². The fourth-order valence-corrected chi connectivity index (χ4v) is 3.66. The van der Waals surface area contributed by atoms with E-state index >= 15 is 0 Å². The maximum Gasteiger partial charge on any atom is 0.239 e. The van der Waals surface area contributed by atoms with Crippen molar-refractivity contribution < 1.29 is 32.8 Å². The van der Waals surface area contributed by atoms with Crippen LogP contribution in [0.3, 0.4) is 0 Å². The number of hydrogen-bond donors (Lipinski definition) is 0. The van der Waals surface area contributed by atoms with E-state index in [2.05, 4.69) is 0 Å². The molecule has 8 heteroatoms. The van der Waals surface area contributed by atoms with Crippen molar-refractivity contribution in [2.24, 2.45) is 0 Å². The molecule has 0 unspecified atom stereocenters. The second-order valence-corrected chi connectivity index (χ2v) is 7.05. The fourth-order valence-electron chi connectivity index (χ4n) is 3.66. The molecule has 0 saturated carbocycles. The van der Waals surface area contributed by atoms with Gasteiger partial charge in [0, 0.05) is 17.7 Å². The monoisotopic (exact) mass is 472 g/mol. The van der Waals surface area contributed by atoms with Gasteiger partial charge in [0.2, 0.25) is 16.9 Å². The molecule has 0 fully saturated rings. The fraction of sp³-hybridized carbons (Fsp3) is 0.423. The zero-order valence-corrected chi connectivity index (χ0v) is 20.6. The van der Waals surface area contributed by atoms with Gasteiger partial charge >= 0.3 is 0 Å². The molecule has 2 aromatic carbocycles. The summed E-state index contributed by atoms with van der Waals surface area (Å²) in [7, 11) is 1.55. The Bertz CT molecular complexity index is 1150. The molecule has 3 aromatic rings. The third kappa shape index (κ3) is 5.00. The largest absolute Gasteiger partial charge is 0.494 e. The second-order valence-electron chi connectivity index (χ2n) is 7.05. The van der Waals surface area contributed by atoms with Crippen molar-refractivity contribution in [1.82, 2.24) is 0 Å². The molecule has 0 N–H and O–H groups in total. The summed E-state index contributed by atoms with van der Waals surface area (Å²) >= 11 is 0. The molecular weight excluding hydrogens is 440 g/mol. The van der Waals surface area contributed by atoms with Crippen molar-refractivity contribution in [3.05, 3.63) is 34.5 Å². The molecule has 3 rings (SSSR count). The highest BCUT2D eigenvalue weighted by molar-refractivity contribution is 5.89. The standard InChI is InChI=1S/C26H32O8/c1-7-29-17-14-18(30-8-2)22-19(15-17)34-24(26(23(22)27)33-11-5)16-12-20(31-9-3)25(28-6)21(13-16)32-10-4/h12-15H,7-11H2,1-6H3. The Kier molecular flexibility index (Phi) is 8.51. The Morgan fingerprint density at radius 2 is 1.24 bits per heavy atom. The van der Waals surface area contributed by atoms with Crippen LogP contribution >= 0.6 is 0 Å². The van der Waals surface area contributed by atoms with E-state index < -0.39 is 0 Å². The van der Waals surface area contributed by atoms with E-state index in [0.717, 1.165) is 0 Å². The summed E-state index contributed by atoms with van der Waals surface area (Å²) in [5.74, 6) is 2.64. The molecular formula is C26H32O8. The van der Waals surface area contributed by atoms with Gasteiger partial charge in [-0.15, -0.1) is 0 Å². The average Bonchev–Trinajstić information content (AvgIpc) is 2.81. The van der Waals surface area contributed by atoms with Gasteiger partial charge in [-0.05, 0) is 46.8 Å². The van der Waals surface area contributed by atoms with Gasteiger partial charge < -0.3 is 32.8 Å². The van der Waals surface area contributed by atoms with E-state index in [-0.39, 0.29) is 23.5 Å². The summed E-state index contributed by atoms with van der Waals surface area (Å²) < 4.78 is 40.6. The quantitative estimate of drug-likeness (QED) is 0.343. The van der Waals surface area contributed by atoms with Crippen molar-refractivity contribution in [3.8, 4) is 45.8 Å². The van der Waals surface area contributed by atoms with Crippen LogP contribution < -0.4 is 33.8 Å². The maximum atomic E-state index is 13.6. The highest BCUT2D eigenvalue weighted by atomic mass is 16.5. The lowest BCUT2D eigenvalue weighted by atomic mass is 10.1. The molecule has 0 bridgehead atoms. The summed E-state index contributed by atoms with van der Waals surface area (Å²) in [4.78, 5) is 13.6. The van der Waals surface area contributed by atoms with Crippen molar-refractivity contribution in [2.75, 3.05) is 40.1 Å². The van der Waals surface area contributed by atoms with Crippen LogP contribution in [0.1, 0.15) is 34.6 Å². The topological polar surface area (TPSA) is 85.6 Å². The van der Waals surface area contributed by atoms with E-state index in [0.29, 0.717) is 71.7 Å². The lowest BCUT2D eigenvalue weighted by Gasteiger charge is -2.18. The minimum Gasteiger partial charge on any atom is -0.494 e. The molecule has 0 aliphatic heterocycles. The Morgan fingerprint density at radius 1 is 0.676 bits per heavy atom. The second kappa shape index (κ2) is 11.5. The number of ether oxygens (including phenoxy) is 6. The van der Waals surface area contributed by atoms with Gasteiger partial charge in [-0.2, -0.15) is 0 Å². The normalized spacial score (nSPS) is 10.8. The summed E-state index contributed by atoms with van der Waals surface area (Å²) in [5, 5.41) is 0.293. The first-order valence-corrected chi connectivity index (χ1v) is 11.5. The summed E-state index contributed by atoms with van der Waals surface area (Å²) in [6, 6.07) is 6.86. The van der Waals surface area contributed by atoms with Crippen molar-refractivity contribution >= 4 is 11.0 Å². The van der Waals surface area contributed by atoms with E-state index in [4.69, 9.17) is 32.8 Å². The van der Waals surface area contributed by atoms with Crippen LogP contribution in [-0.2, 0) is 0 Å². The molecule has 0 amide bonds. The third-order valence-corrected chi connectivity index (χ3v) is 4.88. The Balaban J connectivity index is 2.37. The lowest BCUT2D eigenvalue weighted by molar-refractivity contribution is 0.282. The minimum absolute atomic E-state index is 0.0789. The summed E-state index contributed by atoms with van der Waals surface area (Å²) in [6.45, 7) is 11.2. The van der Waals surface area contributed by atoms with Crippen molar-refractivity contribution in [3.63, 3.8) is 0 Å². The zero-order valence-electron chi connectivity index (χ0n) is 20.6. The SMILES string of the molecule is CCOc1cc(OCC)c2c(=O)c(OCC)c(-c3cc(OCC)c(OC)c(OCC)c3)oc2c1. The van der Waals surface area contributed by atoms with Crippen LogP contribution in [-0.4, -0.2) is 40.1 Å². The van der Waals surface area contributed by atoms with Gasteiger partial charge in [0.1, 0.15) is 22.5 Å². The van der Waals surface area contributed by atoms with E-state index in [1.54, 1.807) is 38.3 Å². The van der Waals surface area contributed by atoms with Crippen LogP contribution in [0, 0.1) is 0 Å². The zero-order chi connectivity index (χ0) is 24.7. The predicted octanol–water partition coefficient (Wildman–Crippen LogP) is 5.46. The minimum atomic E-state index is -0.337. The first-order valence-electron chi connectivity index (χ1n) is 11.5. The average molecular weight is 473 g/mol. The smallest absolute Gasteiger partial charge is 0.239 e. The molecule has 0 radical (unpaired) electrons. The van der Waals surface area contributed by atoms with Crippen molar-refractivity contribution in [1.29, 1.82) is 0 Å². The van der Waals surface area contributed by atoms with E-state index in [9.17, 15) is 4.79 Å². The van der Waals surface area contributed by atoms with E-state index in [1.165, 1.54) is 0 Å². The Hall–Kier alpha value is -3.55. The Labute approximate surface area is 199 Å². The van der Waals surface area contributed by atoms with E-state index in [1.807, 2.05) is 27.7 Å². The molecule has 0 spiro atoms. The van der Waals surface area contributed by atoms with Gasteiger partial charge in [-0.25, -0.2) is 0 Å². The van der Waals surface area contributed by atoms with Gasteiger partial charge in [-0.3, -0.25) is 4.79 Å². The van der Waals surface area contributed by atoms with Crippen LogP contribution in [0.4, 0.5) is 0 Å². The number of benzene rings is 2. The van der Waals surface area contributed by atoms with Crippen LogP contribution in [0.25, 0.3) is 22.3 Å². The first kappa shape index (κ1) is 25.1. The summed E-state index contributed by atoms with van der Waals surface area (Å²) in [6.07, 6.45) is 0. The van der Waals surface area contributed by atoms with Crippen molar-refractivity contribution in [2.45, 2.75) is 34.6 Å². The molecule has 0 aliphatic carbocycles. The molecule has 8 nitrogen and oxygen atoms in total. The highest BCUT2D eigenvalue weighted by Crippen LogP contribution is 2.44. The number of hydrogen-bond acceptors (Lipinski definition) is 8. The van der Waals surface area contributed by atoms with Gasteiger partial charge in [0.25, 0.3) is 0 Å². The number of rotatable bonds is 12. The number of methoxy groups -OCH3 is 1. The lowest BCUT2D eigenvalue weighted by Crippen LogP contribution is -2.12. The third-order valence-electron chi connectivity index (χ3n) is 4.88. The van der Waals surface area contributed by atoms with Gasteiger partial charge in [-0.1, -0.05) is 0 Å². The van der Waals surface area contributed by atoms with Crippen LogP contribution in [0.15, 0.2) is 33.5 Å². The first-order chi connectivity index (χ1) is 16.5. The highest BCUT2D eigenvalue weighted by Gasteiger charge is 2.24. The molecule has 1 heterocycles. The number of fused-ring (bicyclic) bond motifs is 1. The Morgan fingerprint density at radius 3 is 1.76 bits per heavy atom. The molecule has 0 aliphatic rings. The molecule has 1 aromatic heterocycles. The molecule has 0 atom stereocenters. The summed E-state index contributed by atoms with van der Waals surface area (Å²) in [5.41, 5.74) is 0.538. The molecule has 34 heavy (non-hydrogen) atoms. The van der Waals surface area contributed by atoms with Crippen LogP contribution in [0.2, 0.25) is 0 Å². The van der Waals surface area contributed by atoms with Crippen LogP contribution in [0.5, 0.6) is 34.5 Å².